The highest BCUT2D eigenvalue weighted by Crippen LogP contribution is 2.22. The maximum absolute atomic E-state index is 5.93. The lowest BCUT2D eigenvalue weighted by Crippen LogP contribution is -2.07. The molecule has 0 bridgehead atoms. The van der Waals surface area contributed by atoms with Crippen LogP contribution in [0.15, 0.2) is 4.52 Å². The van der Waals surface area contributed by atoms with E-state index in [-0.39, 0.29) is 0 Å². The number of nitrogens with two attached hydrogens (primary N) is 1. The molecule has 2 rings (SSSR count). The van der Waals surface area contributed by atoms with Crippen LogP contribution >= 0.6 is 0 Å². The second-order valence-electron chi connectivity index (χ2n) is 4.13. The predicted molar refractivity (Wildman–Crippen MR) is 65.7 cm³/mol. The van der Waals surface area contributed by atoms with Gasteiger partial charge >= 0.3 is 0 Å². The molecule has 3 N–H and O–H groups in total. The van der Waals surface area contributed by atoms with Crippen molar-refractivity contribution in [2.75, 3.05) is 11.1 Å². The van der Waals surface area contributed by atoms with E-state index in [0.29, 0.717) is 12.2 Å². The number of aromatic nitrogens is 3. The molecule has 2 aromatic heterocycles. The van der Waals surface area contributed by atoms with Gasteiger partial charge in [-0.2, -0.15) is 5.10 Å². The minimum absolute atomic E-state index is 0.629. The SMILES string of the molecule is Cc1nn(C)c(NCc2c(C)noc2C)c1N. The van der Waals surface area contributed by atoms with Crippen molar-refractivity contribution in [3.05, 3.63) is 22.7 Å². The summed E-state index contributed by atoms with van der Waals surface area (Å²) >= 11 is 0. The van der Waals surface area contributed by atoms with E-state index in [1.54, 1.807) is 4.68 Å². The third kappa shape index (κ3) is 1.98. The van der Waals surface area contributed by atoms with Crippen LogP contribution in [0.5, 0.6) is 0 Å². The Hall–Kier alpha value is -1.98. The molecule has 0 aliphatic rings. The molecule has 92 valence electrons. The summed E-state index contributed by atoms with van der Waals surface area (Å²) in [6.45, 7) is 6.33. The minimum atomic E-state index is 0.629. The van der Waals surface area contributed by atoms with Gasteiger partial charge in [-0.1, -0.05) is 5.16 Å². The van der Waals surface area contributed by atoms with Crippen LogP contribution in [-0.2, 0) is 13.6 Å². The van der Waals surface area contributed by atoms with E-state index in [0.717, 1.165) is 28.5 Å². The van der Waals surface area contributed by atoms with Gasteiger partial charge in [-0.15, -0.1) is 0 Å². The van der Waals surface area contributed by atoms with Gasteiger partial charge in [0.1, 0.15) is 11.6 Å². The summed E-state index contributed by atoms with van der Waals surface area (Å²) in [5, 5.41) is 11.4. The molecule has 0 aliphatic carbocycles. The summed E-state index contributed by atoms with van der Waals surface area (Å²) in [6, 6.07) is 0. The van der Waals surface area contributed by atoms with Crippen molar-refractivity contribution in [3.63, 3.8) is 0 Å². The monoisotopic (exact) mass is 235 g/mol. The van der Waals surface area contributed by atoms with Gasteiger partial charge in [0.25, 0.3) is 0 Å². The Morgan fingerprint density at radius 1 is 1.29 bits per heavy atom. The van der Waals surface area contributed by atoms with E-state index in [9.17, 15) is 0 Å². The lowest BCUT2D eigenvalue weighted by atomic mass is 10.2. The van der Waals surface area contributed by atoms with Crippen LogP contribution in [0.25, 0.3) is 0 Å². The van der Waals surface area contributed by atoms with Gasteiger partial charge in [0, 0.05) is 19.2 Å². The first-order valence-corrected chi connectivity index (χ1v) is 5.45. The van der Waals surface area contributed by atoms with Crippen LogP contribution in [0.3, 0.4) is 0 Å². The first kappa shape index (κ1) is 11.5. The molecule has 0 fully saturated rings. The fraction of sp³-hybridized carbons (Fsp3) is 0.455. The number of nitrogen functional groups attached to an aromatic ring is 1. The Morgan fingerprint density at radius 3 is 2.47 bits per heavy atom. The molecule has 6 nitrogen and oxygen atoms in total. The summed E-state index contributed by atoms with van der Waals surface area (Å²) in [5.41, 5.74) is 9.40. The van der Waals surface area contributed by atoms with Crippen LogP contribution in [0.1, 0.15) is 22.7 Å². The number of rotatable bonds is 3. The Morgan fingerprint density at radius 2 is 2.00 bits per heavy atom. The van der Waals surface area contributed by atoms with E-state index in [1.165, 1.54) is 0 Å². The number of hydrogen-bond acceptors (Lipinski definition) is 5. The summed E-state index contributed by atoms with van der Waals surface area (Å²) in [6.07, 6.45) is 0. The van der Waals surface area contributed by atoms with Gasteiger partial charge < -0.3 is 15.6 Å². The maximum Gasteiger partial charge on any atom is 0.148 e. The summed E-state index contributed by atoms with van der Waals surface area (Å²) in [5.74, 6) is 1.65. The Kier molecular flexibility index (Phi) is 2.79. The third-order valence-electron chi connectivity index (χ3n) is 2.88. The number of nitrogens with one attached hydrogen (secondary N) is 1. The second kappa shape index (κ2) is 4.12. The molecular formula is C11H17N5O. The second-order valence-corrected chi connectivity index (χ2v) is 4.13. The van der Waals surface area contributed by atoms with Crippen molar-refractivity contribution in [2.45, 2.75) is 27.3 Å². The topological polar surface area (TPSA) is 81.9 Å². The van der Waals surface area contributed by atoms with Gasteiger partial charge in [0.2, 0.25) is 0 Å². The highest BCUT2D eigenvalue weighted by molar-refractivity contribution is 5.64. The fourth-order valence-corrected chi connectivity index (χ4v) is 1.81. The largest absolute Gasteiger partial charge is 0.394 e. The standard InChI is InChI=1S/C11H17N5O/c1-6-9(8(3)17-15-6)5-13-11-10(12)7(2)14-16(11)4/h13H,5,12H2,1-4H3. The molecule has 0 aliphatic heterocycles. The summed E-state index contributed by atoms with van der Waals surface area (Å²) in [7, 11) is 1.86. The number of nitrogens with zero attached hydrogens (tertiary/aromatic N) is 3. The van der Waals surface area contributed by atoms with E-state index < -0.39 is 0 Å². The third-order valence-corrected chi connectivity index (χ3v) is 2.88. The Bertz CT molecular complexity index is 521. The molecule has 6 heteroatoms. The quantitative estimate of drug-likeness (QED) is 0.843. The number of hydrogen-bond donors (Lipinski definition) is 2. The zero-order valence-corrected chi connectivity index (χ0v) is 10.5. The number of aryl methyl sites for hydroxylation is 4. The molecule has 17 heavy (non-hydrogen) atoms. The molecule has 0 unspecified atom stereocenters. The van der Waals surface area contributed by atoms with E-state index in [1.807, 2.05) is 27.8 Å². The van der Waals surface area contributed by atoms with E-state index in [4.69, 9.17) is 10.3 Å². The highest BCUT2D eigenvalue weighted by Gasteiger charge is 2.12. The van der Waals surface area contributed by atoms with E-state index in [2.05, 4.69) is 15.6 Å². The zero-order chi connectivity index (χ0) is 12.6. The molecule has 0 saturated heterocycles. The predicted octanol–water partition coefficient (Wildman–Crippen LogP) is 1.53. The van der Waals surface area contributed by atoms with Gasteiger partial charge in [-0.25, -0.2) is 0 Å². The summed E-state index contributed by atoms with van der Waals surface area (Å²) in [4.78, 5) is 0. The van der Waals surface area contributed by atoms with Crippen LogP contribution in [0.4, 0.5) is 11.5 Å². The molecule has 0 radical (unpaired) electrons. The lowest BCUT2D eigenvalue weighted by Gasteiger charge is -2.07. The van der Waals surface area contributed by atoms with E-state index >= 15 is 0 Å². The highest BCUT2D eigenvalue weighted by atomic mass is 16.5. The molecule has 0 amide bonds. The molecular weight excluding hydrogens is 218 g/mol. The zero-order valence-electron chi connectivity index (χ0n) is 10.5. The fourth-order valence-electron chi connectivity index (χ4n) is 1.81. The van der Waals surface area contributed by atoms with Gasteiger partial charge in [-0.3, -0.25) is 4.68 Å². The van der Waals surface area contributed by atoms with Crippen LogP contribution in [0, 0.1) is 20.8 Å². The smallest absolute Gasteiger partial charge is 0.148 e. The molecule has 2 aromatic rings. The molecule has 0 saturated carbocycles. The molecule has 2 heterocycles. The number of anilines is 2. The van der Waals surface area contributed by atoms with Gasteiger partial charge in [-0.05, 0) is 20.8 Å². The van der Waals surface area contributed by atoms with Crippen LogP contribution < -0.4 is 11.1 Å². The normalized spacial score (nSPS) is 10.8. The molecule has 0 atom stereocenters. The van der Waals surface area contributed by atoms with Crippen molar-refractivity contribution in [1.29, 1.82) is 0 Å². The lowest BCUT2D eigenvalue weighted by molar-refractivity contribution is 0.392. The van der Waals surface area contributed by atoms with Gasteiger partial charge in [0.05, 0.1) is 17.1 Å². The van der Waals surface area contributed by atoms with Crippen molar-refractivity contribution in [3.8, 4) is 0 Å². The van der Waals surface area contributed by atoms with Crippen molar-refractivity contribution in [1.82, 2.24) is 14.9 Å². The Labute approximate surface area is 99.8 Å². The maximum atomic E-state index is 5.93. The van der Waals surface area contributed by atoms with Gasteiger partial charge in [0.15, 0.2) is 0 Å². The van der Waals surface area contributed by atoms with Crippen molar-refractivity contribution < 1.29 is 4.52 Å². The molecule has 0 aromatic carbocycles. The first-order chi connectivity index (χ1) is 8.00. The summed E-state index contributed by atoms with van der Waals surface area (Å²) < 4.78 is 6.84. The van der Waals surface area contributed by atoms with Crippen molar-refractivity contribution in [2.24, 2.45) is 7.05 Å². The average molecular weight is 235 g/mol. The van der Waals surface area contributed by atoms with Crippen LogP contribution in [-0.4, -0.2) is 14.9 Å². The van der Waals surface area contributed by atoms with Crippen LogP contribution in [0.2, 0.25) is 0 Å². The van der Waals surface area contributed by atoms with Crippen molar-refractivity contribution >= 4 is 11.5 Å². The minimum Gasteiger partial charge on any atom is -0.394 e. The Balaban J connectivity index is 2.18. The average Bonchev–Trinajstić information content (AvgIpc) is 2.70. The molecule has 0 spiro atoms. The first-order valence-electron chi connectivity index (χ1n) is 5.45.